The first-order chi connectivity index (χ1) is 14.7. The number of hydrogen-bond acceptors (Lipinski definition) is 6. The Balaban J connectivity index is 1.32. The average Bonchev–Trinajstić information content (AvgIpc) is 2.81. The van der Waals surface area contributed by atoms with E-state index in [1.165, 1.54) is 0 Å². The molecule has 1 aromatic heterocycles. The number of nitrogens with zero attached hydrogens (tertiary/aromatic N) is 4. The number of benzene rings is 2. The summed E-state index contributed by atoms with van der Waals surface area (Å²) >= 11 is 0. The summed E-state index contributed by atoms with van der Waals surface area (Å²) in [6.45, 7) is 5.30. The molecule has 1 N–H and O–H groups in total. The van der Waals surface area contributed by atoms with Gasteiger partial charge in [-0.15, -0.1) is 10.2 Å². The van der Waals surface area contributed by atoms with Gasteiger partial charge in [0.25, 0.3) is 5.91 Å². The van der Waals surface area contributed by atoms with Crippen LogP contribution in [0.2, 0.25) is 0 Å². The van der Waals surface area contributed by atoms with E-state index < -0.39 is 0 Å². The van der Waals surface area contributed by atoms with Gasteiger partial charge in [-0.25, -0.2) is 0 Å². The molecule has 1 saturated heterocycles. The lowest BCUT2D eigenvalue weighted by atomic mass is 10.1. The Morgan fingerprint density at radius 3 is 2.30 bits per heavy atom. The van der Waals surface area contributed by atoms with Gasteiger partial charge in [-0.3, -0.25) is 4.79 Å². The number of piperazine rings is 1. The zero-order valence-corrected chi connectivity index (χ0v) is 17.0. The largest absolute Gasteiger partial charge is 0.494 e. The lowest BCUT2D eigenvalue weighted by Gasteiger charge is -2.35. The van der Waals surface area contributed by atoms with E-state index in [1.54, 1.807) is 0 Å². The molecule has 1 amide bonds. The molecule has 0 atom stereocenters. The number of carbonyl (C=O) groups is 1. The highest BCUT2D eigenvalue weighted by molar-refractivity contribution is 5.94. The van der Waals surface area contributed by atoms with Crippen molar-refractivity contribution in [2.75, 3.05) is 43.0 Å². The molecule has 0 spiro atoms. The molecule has 1 aliphatic rings. The topological polar surface area (TPSA) is 70.6 Å². The molecule has 3 aromatic rings. The van der Waals surface area contributed by atoms with Crippen molar-refractivity contribution in [3.8, 4) is 5.75 Å². The first kappa shape index (κ1) is 19.7. The van der Waals surface area contributed by atoms with Gasteiger partial charge < -0.3 is 19.9 Å². The number of amides is 1. The van der Waals surface area contributed by atoms with Crippen LogP contribution in [-0.4, -0.2) is 53.8 Å². The van der Waals surface area contributed by atoms with Crippen LogP contribution in [0.3, 0.4) is 0 Å². The van der Waals surface area contributed by atoms with Gasteiger partial charge in [0, 0.05) is 37.4 Å². The molecule has 2 heterocycles. The summed E-state index contributed by atoms with van der Waals surface area (Å²) in [4.78, 5) is 16.8. The lowest BCUT2D eigenvalue weighted by molar-refractivity contribution is 0.0746. The van der Waals surface area contributed by atoms with Crippen LogP contribution in [0, 0.1) is 0 Å². The van der Waals surface area contributed by atoms with Gasteiger partial charge in [-0.2, -0.15) is 0 Å². The molecule has 0 radical (unpaired) electrons. The van der Waals surface area contributed by atoms with E-state index in [9.17, 15) is 4.79 Å². The van der Waals surface area contributed by atoms with Crippen LogP contribution in [0.5, 0.6) is 5.75 Å². The fourth-order valence-electron chi connectivity index (χ4n) is 3.41. The van der Waals surface area contributed by atoms with Crippen LogP contribution in [0.4, 0.5) is 17.3 Å². The Bertz CT molecular complexity index is 953. The van der Waals surface area contributed by atoms with E-state index in [4.69, 9.17) is 4.74 Å². The van der Waals surface area contributed by atoms with Crippen LogP contribution in [0.15, 0.2) is 66.7 Å². The van der Waals surface area contributed by atoms with Crippen LogP contribution >= 0.6 is 0 Å². The average molecular weight is 403 g/mol. The quantitative estimate of drug-likeness (QED) is 0.678. The summed E-state index contributed by atoms with van der Waals surface area (Å²) in [7, 11) is 0. The zero-order chi connectivity index (χ0) is 20.8. The minimum Gasteiger partial charge on any atom is -0.494 e. The SMILES string of the molecule is CCOc1ccc(C(=O)N2CCN(c3ccc(Nc4ccccc4)nn3)CC2)cc1. The molecule has 7 nitrogen and oxygen atoms in total. The molecule has 154 valence electrons. The Morgan fingerprint density at radius 2 is 1.67 bits per heavy atom. The molecule has 1 fully saturated rings. The van der Waals surface area contributed by atoms with E-state index in [0.717, 1.165) is 30.3 Å². The number of aromatic nitrogens is 2. The summed E-state index contributed by atoms with van der Waals surface area (Å²) in [6, 6.07) is 21.1. The summed E-state index contributed by atoms with van der Waals surface area (Å²) in [5.41, 5.74) is 1.66. The van der Waals surface area contributed by atoms with Crippen molar-refractivity contribution in [3.05, 3.63) is 72.3 Å². The fraction of sp³-hybridized carbons (Fsp3) is 0.261. The van der Waals surface area contributed by atoms with E-state index in [2.05, 4.69) is 20.4 Å². The van der Waals surface area contributed by atoms with E-state index in [1.807, 2.05) is 78.6 Å². The summed E-state index contributed by atoms with van der Waals surface area (Å²) in [5, 5.41) is 11.9. The zero-order valence-electron chi connectivity index (χ0n) is 17.0. The van der Waals surface area contributed by atoms with Crippen molar-refractivity contribution in [1.82, 2.24) is 15.1 Å². The second-order valence-electron chi connectivity index (χ2n) is 7.00. The number of anilines is 3. The van der Waals surface area contributed by atoms with Gasteiger partial charge in [0.2, 0.25) is 0 Å². The van der Waals surface area contributed by atoms with Crippen LogP contribution in [0.1, 0.15) is 17.3 Å². The van der Waals surface area contributed by atoms with Gasteiger partial charge >= 0.3 is 0 Å². The summed E-state index contributed by atoms with van der Waals surface area (Å²) < 4.78 is 5.44. The minimum absolute atomic E-state index is 0.0474. The van der Waals surface area contributed by atoms with Crippen molar-refractivity contribution in [1.29, 1.82) is 0 Å². The molecule has 1 aliphatic heterocycles. The van der Waals surface area contributed by atoms with E-state index >= 15 is 0 Å². The lowest BCUT2D eigenvalue weighted by Crippen LogP contribution is -2.49. The number of ether oxygens (including phenoxy) is 1. The molecule has 30 heavy (non-hydrogen) atoms. The van der Waals surface area contributed by atoms with Gasteiger partial charge in [-0.05, 0) is 55.5 Å². The highest BCUT2D eigenvalue weighted by atomic mass is 16.5. The molecule has 0 unspecified atom stereocenters. The highest BCUT2D eigenvalue weighted by Crippen LogP contribution is 2.19. The number of para-hydroxylation sites is 1. The van der Waals surface area contributed by atoms with Crippen molar-refractivity contribution in [2.45, 2.75) is 6.92 Å². The Morgan fingerprint density at radius 1 is 0.933 bits per heavy atom. The molecule has 4 rings (SSSR count). The predicted octanol–water partition coefficient (Wildman–Crippen LogP) is 3.58. The molecule has 2 aromatic carbocycles. The van der Waals surface area contributed by atoms with Crippen LogP contribution in [0.25, 0.3) is 0 Å². The number of hydrogen-bond donors (Lipinski definition) is 1. The van der Waals surface area contributed by atoms with E-state index in [-0.39, 0.29) is 5.91 Å². The van der Waals surface area contributed by atoms with Gasteiger partial charge in [0.1, 0.15) is 5.75 Å². The molecule has 0 bridgehead atoms. The van der Waals surface area contributed by atoms with Crippen LogP contribution < -0.4 is 15.0 Å². The molecule has 0 aliphatic carbocycles. The predicted molar refractivity (Wildman–Crippen MR) is 117 cm³/mol. The second-order valence-corrected chi connectivity index (χ2v) is 7.00. The van der Waals surface area contributed by atoms with Gasteiger partial charge in [-0.1, -0.05) is 18.2 Å². The molecule has 0 saturated carbocycles. The third-order valence-corrected chi connectivity index (χ3v) is 5.00. The highest BCUT2D eigenvalue weighted by Gasteiger charge is 2.23. The maximum atomic E-state index is 12.8. The van der Waals surface area contributed by atoms with Crippen molar-refractivity contribution in [3.63, 3.8) is 0 Å². The fourth-order valence-corrected chi connectivity index (χ4v) is 3.41. The molecular formula is C23H25N5O2. The standard InChI is InChI=1S/C23H25N5O2/c1-2-30-20-10-8-18(9-11-20)23(29)28-16-14-27(15-17-28)22-13-12-21(25-26-22)24-19-6-4-3-5-7-19/h3-13H,2,14-17H2,1H3,(H,24,25). The first-order valence-corrected chi connectivity index (χ1v) is 10.2. The van der Waals surface area contributed by atoms with Gasteiger partial charge in [0.15, 0.2) is 11.6 Å². The third kappa shape index (κ3) is 4.68. The summed E-state index contributed by atoms with van der Waals surface area (Å²) in [6.07, 6.45) is 0. The van der Waals surface area contributed by atoms with Crippen molar-refractivity contribution < 1.29 is 9.53 Å². The second kappa shape index (κ2) is 9.26. The smallest absolute Gasteiger partial charge is 0.253 e. The maximum Gasteiger partial charge on any atom is 0.253 e. The monoisotopic (exact) mass is 403 g/mol. The third-order valence-electron chi connectivity index (χ3n) is 5.00. The normalized spacial score (nSPS) is 13.8. The number of nitrogens with one attached hydrogen (secondary N) is 1. The Kier molecular flexibility index (Phi) is 6.08. The van der Waals surface area contributed by atoms with Gasteiger partial charge in [0.05, 0.1) is 6.61 Å². The van der Waals surface area contributed by atoms with Crippen LogP contribution in [-0.2, 0) is 0 Å². The number of rotatable bonds is 6. The first-order valence-electron chi connectivity index (χ1n) is 10.2. The molecule has 7 heteroatoms. The Labute approximate surface area is 176 Å². The maximum absolute atomic E-state index is 12.8. The van der Waals surface area contributed by atoms with E-state index in [0.29, 0.717) is 31.1 Å². The minimum atomic E-state index is 0.0474. The van der Waals surface area contributed by atoms with Crippen molar-refractivity contribution >= 4 is 23.2 Å². The van der Waals surface area contributed by atoms with Crippen molar-refractivity contribution in [2.24, 2.45) is 0 Å². The number of carbonyl (C=O) groups excluding carboxylic acids is 1. The molecular weight excluding hydrogens is 378 g/mol. The Hall–Kier alpha value is -3.61. The summed E-state index contributed by atoms with van der Waals surface area (Å²) in [5.74, 6) is 2.35.